The first-order valence-corrected chi connectivity index (χ1v) is 4.35. The van der Waals surface area contributed by atoms with Crippen LogP contribution in [0.2, 0.25) is 0 Å². The molecule has 66 valence electrons. The monoisotopic (exact) mass is 158 g/mol. The number of rotatable bonds is 1. The van der Waals surface area contributed by atoms with E-state index < -0.39 is 5.60 Å². The van der Waals surface area contributed by atoms with Crippen molar-refractivity contribution in [3.8, 4) is 0 Å². The Bertz CT molecular complexity index is 130. The molecule has 1 rings (SSSR count). The summed E-state index contributed by atoms with van der Waals surface area (Å²) >= 11 is 0. The van der Waals surface area contributed by atoms with Crippen LogP contribution in [0.25, 0.3) is 0 Å². The first-order chi connectivity index (χ1) is 5.01. The van der Waals surface area contributed by atoms with Crippen LogP contribution in [0.3, 0.4) is 0 Å². The Kier molecular flexibility index (Phi) is 2.55. The van der Waals surface area contributed by atoms with E-state index >= 15 is 0 Å². The highest BCUT2D eigenvalue weighted by atomic mass is 16.5. The molecule has 1 heterocycles. The average molecular weight is 158 g/mol. The van der Waals surface area contributed by atoms with Crippen LogP contribution in [-0.2, 0) is 4.74 Å². The maximum Gasteiger partial charge on any atom is 0.0666 e. The molecule has 2 heteroatoms. The first kappa shape index (κ1) is 9.01. The molecule has 0 aromatic carbocycles. The molecule has 0 amide bonds. The molecule has 1 saturated heterocycles. The fourth-order valence-corrected chi connectivity index (χ4v) is 1.45. The van der Waals surface area contributed by atoms with E-state index in [2.05, 4.69) is 13.8 Å². The summed E-state index contributed by atoms with van der Waals surface area (Å²) in [5, 5.41) is 9.71. The second-order valence-corrected chi connectivity index (χ2v) is 4.10. The van der Waals surface area contributed by atoms with Gasteiger partial charge >= 0.3 is 0 Å². The van der Waals surface area contributed by atoms with Gasteiger partial charge in [0.05, 0.1) is 11.7 Å². The molecule has 2 unspecified atom stereocenters. The van der Waals surface area contributed by atoms with Gasteiger partial charge in [0.25, 0.3) is 0 Å². The molecule has 2 atom stereocenters. The second kappa shape index (κ2) is 3.11. The second-order valence-electron chi connectivity index (χ2n) is 4.10. The number of aliphatic hydroxyl groups is 1. The van der Waals surface area contributed by atoms with E-state index in [4.69, 9.17) is 4.74 Å². The Balaban J connectivity index is 2.46. The zero-order chi connectivity index (χ0) is 8.48. The smallest absolute Gasteiger partial charge is 0.0666 e. The van der Waals surface area contributed by atoms with E-state index in [-0.39, 0.29) is 6.10 Å². The van der Waals surface area contributed by atoms with Crippen LogP contribution in [-0.4, -0.2) is 23.4 Å². The number of hydrogen-bond donors (Lipinski definition) is 1. The third kappa shape index (κ3) is 2.46. The van der Waals surface area contributed by atoms with E-state index in [1.54, 1.807) is 0 Å². The van der Waals surface area contributed by atoms with Crippen molar-refractivity contribution >= 4 is 0 Å². The van der Waals surface area contributed by atoms with E-state index in [9.17, 15) is 5.11 Å². The van der Waals surface area contributed by atoms with Gasteiger partial charge in [0.1, 0.15) is 0 Å². The summed E-state index contributed by atoms with van der Waals surface area (Å²) < 4.78 is 5.51. The normalized spacial score (nSPS) is 39.5. The molecular weight excluding hydrogens is 140 g/mol. The van der Waals surface area contributed by atoms with Crippen molar-refractivity contribution in [2.75, 3.05) is 6.61 Å². The fraction of sp³-hybridized carbons (Fsp3) is 1.00. The Morgan fingerprint density at radius 1 is 1.55 bits per heavy atom. The molecule has 0 aliphatic carbocycles. The van der Waals surface area contributed by atoms with Gasteiger partial charge in [-0.15, -0.1) is 0 Å². The summed E-state index contributed by atoms with van der Waals surface area (Å²) in [5.41, 5.74) is -0.493. The SMILES string of the molecule is CC(C)C1CC(C)(O)CCO1. The summed E-state index contributed by atoms with van der Waals surface area (Å²) in [7, 11) is 0. The topological polar surface area (TPSA) is 29.5 Å². The lowest BCUT2D eigenvalue weighted by molar-refractivity contribution is -0.108. The van der Waals surface area contributed by atoms with Gasteiger partial charge in [-0.05, 0) is 19.3 Å². The van der Waals surface area contributed by atoms with Crippen LogP contribution in [0.15, 0.2) is 0 Å². The van der Waals surface area contributed by atoms with Gasteiger partial charge in [0.15, 0.2) is 0 Å². The minimum Gasteiger partial charge on any atom is -0.390 e. The first-order valence-electron chi connectivity index (χ1n) is 4.35. The summed E-state index contributed by atoms with van der Waals surface area (Å²) in [6, 6.07) is 0. The van der Waals surface area contributed by atoms with E-state index in [0.717, 1.165) is 12.8 Å². The molecule has 1 N–H and O–H groups in total. The molecular formula is C9H18O2. The predicted octanol–water partition coefficient (Wildman–Crippen LogP) is 1.57. The van der Waals surface area contributed by atoms with Crippen molar-refractivity contribution in [2.24, 2.45) is 5.92 Å². The van der Waals surface area contributed by atoms with Crippen molar-refractivity contribution in [1.29, 1.82) is 0 Å². The Morgan fingerprint density at radius 2 is 2.18 bits per heavy atom. The third-order valence-corrected chi connectivity index (χ3v) is 2.36. The fourth-order valence-electron chi connectivity index (χ4n) is 1.45. The van der Waals surface area contributed by atoms with Crippen molar-refractivity contribution in [3.05, 3.63) is 0 Å². The molecule has 11 heavy (non-hydrogen) atoms. The molecule has 0 bridgehead atoms. The molecule has 1 aliphatic heterocycles. The Morgan fingerprint density at radius 3 is 2.55 bits per heavy atom. The quantitative estimate of drug-likeness (QED) is 0.627. The highest BCUT2D eigenvalue weighted by Crippen LogP contribution is 2.27. The van der Waals surface area contributed by atoms with E-state index in [1.807, 2.05) is 6.92 Å². The van der Waals surface area contributed by atoms with Gasteiger partial charge in [-0.25, -0.2) is 0 Å². The molecule has 2 nitrogen and oxygen atoms in total. The zero-order valence-corrected chi connectivity index (χ0v) is 7.63. The van der Waals surface area contributed by atoms with Crippen molar-refractivity contribution in [3.63, 3.8) is 0 Å². The minimum absolute atomic E-state index is 0.249. The average Bonchev–Trinajstić information content (AvgIpc) is 1.85. The van der Waals surface area contributed by atoms with Gasteiger partial charge in [-0.2, -0.15) is 0 Å². The summed E-state index contributed by atoms with van der Waals surface area (Å²) in [6.45, 7) is 6.86. The zero-order valence-electron chi connectivity index (χ0n) is 7.63. The standard InChI is InChI=1S/C9H18O2/c1-7(2)8-6-9(3,10)4-5-11-8/h7-8,10H,4-6H2,1-3H3. The van der Waals surface area contributed by atoms with Crippen molar-refractivity contribution in [2.45, 2.75) is 45.3 Å². The Hall–Kier alpha value is -0.0800. The Labute approximate surface area is 68.6 Å². The molecule has 0 radical (unpaired) electrons. The van der Waals surface area contributed by atoms with Crippen LogP contribution in [0.5, 0.6) is 0 Å². The highest BCUT2D eigenvalue weighted by Gasteiger charge is 2.31. The predicted molar refractivity (Wildman–Crippen MR) is 44.4 cm³/mol. The largest absolute Gasteiger partial charge is 0.390 e. The number of ether oxygens (including phenoxy) is 1. The molecule has 1 fully saturated rings. The van der Waals surface area contributed by atoms with Gasteiger partial charge in [0, 0.05) is 13.0 Å². The maximum atomic E-state index is 9.71. The summed E-state index contributed by atoms with van der Waals surface area (Å²) in [4.78, 5) is 0. The summed E-state index contributed by atoms with van der Waals surface area (Å²) in [6.07, 6.45) is 1.81. The lowest BCUT2D eigenvalue weighted by Gasteiger charge is -2.35. The van der Waals surface area contributed by atoms with Crippen LogP contribution < -0.4 is 0 Å². The lowest BCUT2D eigenvalue weighted by atomic mass is 9.88. The van der Waals surface area contributed by atoms with Gasteiger partial charge in [-0.1, -0.05) is 13.8 Å². The highest BCUT2D eigenvalue weighted by molar-refractivity contribution is 4.82. The molecule has 1 aliphatic rings. The minimum atomic E-state index is -0.493. The van der Waals surface area contributed by atoms with Gasteiger partial charge in [-0.3, -0.25) is 0 Å². The van der Waals surface area contributed by atoms with Crippen molar-refractivity contribution in [1.82, 2.24) is 0 Å². The third-order valence-electron chi connectivity index (χ3n) is 2.36. The molecule has 0 aromatic heterocycles. The van der Waals surface area contributed by atoms with Crippen LogP contribution in [0, 0.1) is 5.92 Å². The van der Waals surface area contributed by atoms with Crippen LogP contribution >= 0.6 is 0 Å². The maximum absolute atomic E-state index is 9.71. The van der Waals surface area contributed by atoms with Crippen molar-refractivity contribution < 1.29 is 9.84 Å². The van der Waals surface area contributed by atoms with Crippen LogP contribution in [0.1, 0.15) is 33.6 Å². The summed E-state index contributed by atoms with van der Waals surface area (Å²) in [5.74, 6) is 0.516. The van der Waals surface area contributed by atoms with E-state index in [1.165, 1.54) is 0 Å². The molecule has 0 saturated carbocycles. The van der Waals surface area contributed by atoms with Gasteiger partial charge in [0.2, 0.25) is 0 Å². The molecule has 0 aromatic rings. The lowest BCUT2D eigenvalue weighted by Crippen LogP contribution is -2.40. The van der Waals surface area contributed by atoms with Gasteiger partial charge < -0.3 is 9.84 Å². The molecule has 0 spiro atoms. The van der Waals surface area contributed by atoms with Crippen LogP contribution in [0.4, 0.5) is 0 Å². The van der Waals surface area contributed by atoms with E-state index in [0.29, 0.717) is 12.5 Å². The number of hydrogen-bond acceptors (Lipinski definition) is 2.